The van der Waals surface area contributed by atoms with Gasteiger partial charge in [0.15, 0.2) is 0 Å². The molecule has 1 heterocycles. The number of halogens is 1. The molecule has 10 heteroatoms. The third kappa shape index (κ3) is 6.20. The fraction of sp³-hybridized carbons (Fsp3) is 0.263. The Morgan fingerprint density at radius 2 is 2.03 bits per heavy atom. The maximum Gasteiger partial charge on any atom is 0.260 e. The molecule has 1 aliphatic rings. The van der Waals surface area contributed by atoms with Crippen LogP contribution in [0.15, 0.2) is 53.6 Å². The largest absolute Gasteiger partial charge is 0.489 e. The van der Waals surface area contributed by atoms with Crippen molar-refractivity contribution in [3.05, 3.63) is 59.9 Å². The van der Waals surface area contributed by atoms with E-state index in [9.17, 15) is 17.6 Å². The molecule has 0 bridgehead atoms. The van der Waals surface area contributed by atoms with Crippen molar-refractivity contribution >= 4 is 39.6 Å². The lowest BCUT2D eigenvalue weighted by atomic mass is 10.2. The summed E-state index contributed by atoms with van der Waals surface area (Å²) in [6, 6.07) is 12.1. The predicted molar refractivity (Wildman–Crippen MR) is 113 cm³/mol. The molecule has 1 N–H and O–H groups in total. The van der Waals surface area contributed by atoms with Gasteiger partial charge in [-0.15, -0.1) is 0 Å². The van der Waals surface area contributed by atoms with E-state index in [4.69, 9.17) is 4.74 Å². The number of rotatable bonds is 8. The summed E-state index contributed by atoms with van der Waals surface area (Å²) in [5.41, 5.74) is 3.22. The van der Waals surface area contributed by atoms with Crippen molar-refractivity contribution in [2.45, 2.75) is 6.10 Å². The number of ether oxygens (including phenoxy) is 1. The van der Waals surface area contributed by atoms with Gasteiger partial charge in [0.05, 0.1) is 18.2 Å². The number of nitrogens with zero attached hydrogens (tertiary/aromatic N) is 2. The van der Waals surface area contributed by atoms with Gasteiger partial charge in [0, 0.05) is 11.5 Å². The summed E-state index contributed by atoms with van der Waals surface area (Å²) in [4.78, 5) is 12.2. The first-order valence-corrected chi connectivity index (χ1v) is 11.7. The first-order chi connectivity index (χ1) is 13.8. The van der Waals surface area contributed by atoms with Crippen molar-refractivity contribution in [3.63, 3.8) is 0 Å². The summed E-state index contributed by atoms with van der Waals surface area (Å²) in [5.74, 6) is 1.54. The van der Waals surface area contributed by atoms with E-state index in [2.05, 4.69) is 10.5 Å². The highest BCUT2D eigenvalue weighted by Gasteiger charge is 2.21. The highest BCUT2D eigenvalue weighted by Crippen LogP contribution is 2.24. The van der Waals surface area contributed by atoms with Crippen LogP contribution in [0.1, 0.15) is 5.56 Å². The molecule has 1 amide bonds. The van der Waals surface area contributed by atoms with Gasteiger partial charge in [0.25, 0.3) is 5.91 Å². The van der Waals surface area contributed by atoms with E-state index in [0.717, 1.165) is 45.5 Å². The van der Waals surface area contributed by atoms with E-state index in [1.165, 1.54) is 18.3 Å². The van der Waals surface area contributed by atoms with Crippen LogP contribution in [0, 0.1) is 5.82 Å². The molecule has 0 saturated carbocycles. The van der Waals surface area contributed by atoms with Crippen molar-refractivity contribution in [1.29, 1.82) is 0 Å². The van der Waals surface area contributed by atoms with Crippen LogP contribution >= 0.6 is 11.8 Å². The molecule has 2 aromatic rings. The van der Waals surface area contributed by atoms with Crippen LogP contribution in [0.3, 0.4) is 0 Å². The van der Waals surface area contributed by atoms with Gasteiger partial charge in [-0.2, -0.15) is 16.9 Å². The van der Waals surface area contributed by atoms with Crippen molar-refractivity contribution in [2.75, 3.05) is 28.6 Å². The van der Waals surface area contributed by atoms with Gasteiger partial charge >= 0.3 is 0 Å². The normalized spacial score (nSPS) is 14.4. The SMILES string of the molecule is CS(=O)(=O)N(CC(=O)N/N=C\c1cccc(OC2CSC2)c1)c1ccc(F)cc1. The maximum atomic E-state index is 13.1. The minimum Gasteiger partial charge on any atom is -0.489 e. The molecular weight excluding hydrogens is 417 g/mol. The van der Waals surface area contributed by atoms with Gasteiger partial charge in [0.1, 0.15) is 24.2 Å². The highest BCUT2D eigenvalue weighted by atomic mass is 32.2. The van der Waals surface area contributed by atoms with Crippen LogP contribution < -0.4 is 14.5 Å². The molecule has 1 aliphatic heterocycles. The third-order valence-corrected chi connectivity index (χ3v) is 6.33. The van der Waals surface area contributed by atoms with E-state index in [1.807, 2.05) is 23.9 Å². The number of hydrogen-bond acceptors (Lipinski definition) is 6. The first kappa shape index (κ1) is 21.1. The Morgan fingerprint density at radius 3 is 2.66 bits per heavy atom. The molecular formula is C19H20FN3O4S2. The zero-order chi connectivity index (χ0) is 20.9. The lowest BCUT2D eigenvalue weighted by molar-refractivity contribution is -0.119. The van der Waals surface area contributed by atoms with E-state index in [1.54, 1.807) is 12.1 Å². The van der Waals surface area contributed by atoms with E-state index in [0.29, 0.717) is 0 Å². The number of benzene rings is 2. The maximum absolute atomic E-state index is 13.1. The number of sulfonamides is 1. The minimum atomic E-state index is -3.74. The summed E-state index contributed by atoms with van der Waals surface area (Å²) >= 11 is 1.83. The molecule has 0 aromatic heterocycles. The molecule has 29 heavy (non-hydrogen) atoms. The average molecular weight is 438 g/mol. The Kier molecular flexibility index (Phi) is 6.75. The van der Waals surface area contributed by atoms with E-state index >= 15 is 0 Å². The van der Waals surface area contributed by atoms with Gasteiger partial charge in [-0.05, 0) is 42.0 Å². The minimum absolute atomic E-state index is 0.187. The molecule has 0 unspecified atom stereocenters. The van der Waals surface area contributed by atoms with Crippen molar-refractivity contribution < 1.29 is 22.3 Å². The Labute approximate surface area is 173 Å². The fourth-order valence-corrected chi connectivity index (χ4v) is 3.92. The van der Waals surface area contributed by atoms with Gasteiger partial charge in [0.2, 0.25) is 10.0 Å². The quantitative estimate of drug-likeness (QED) is 0.506. The Bertz CT molecular complexity index is 993. The topological polar surface area (TPSA) is 88.1 Å². The molecule has 154 valence electrons. The standard InChI is InChI=1S/C19H20FN3O4S2/c1-29(25,26)23(16-7-5-15(20)6-8-16)11-19(24)22-21-10-14-3-2-4-17(9-14)27-18-12-28-13-18/h2-10,18H,11-13H2,1H3,(H,22,24)/b21-10-. The molecule has 1 saturated heterocycles. The summed E-state index contributed by atoms with van der Waals surface area (Å²) in [6.07, 6.45) is 2.64. The number of amides is 1. The van der Waals surface area contributed by atoms with Crippen LogP contribution in [-0.4, -0.2) is 50.9 Å². The second-order valence-electron chi connectivity index (χ2n) is 6.39. The van der Waals surface area contributed by atoms with Crippen LogP contribution in [0.2, 0.25) is 0 Å². The summed E-state index contributed by atoms with van der Waals surface area (Å²) in [5, 5.41) is 3.87. The van der Waals surface area contributed by atoms with Crippen LogP contribution in [0.5, 0.6) is 5.75 Å². The van der Waals surface area contributed by atoms with E-state index in [-0.39, 0.29) is 11.8 Å². The summed E-state index contributed by atoms with van der Waals surface area (Å²) in [7, 11) is -3.74. The van der Waals surface area contributed by atoms with Crippen LogP contribution in [0.25, 0.3) is 0 Å². The molecule has 0 spiro atoms. The molecule has 7 nitrogen and oxygen atoms in total. The Balaban J connectivity index is 1.60. The average Bonchev–Trinajstić information content (AvgIpc) is 2.63. The number of hydrogen-bond donors (Lipinski definition) is 1. The lowest BCUT2D eigenvalue weighted by Gasteiger charge is -2.25. The molecule has 0 aliphatic carbocycles. The molecule has 3 rings (SSSR count). The second-order valence-corrected chi connectivity index (χ2v) is 9.37. The fourth-order valence-electron chi connectivity index (χ4n) is 2.49. The second kappa shape index (κ2) is 9.27. The number of thioether (sulfide) groups is 1. The first-order valence-electron chi connectivity index (χ1n) is 8.71. The monoisotopic (exact) mass is 437 g/mol. The Hall–Kier alpha value is -2.59. The number of carbonyl (C=O) groups is 1. The van der Waals surface area contributed by atoms with Gasteiger partial charge in [-0.1, -0.05) is 12.1 Å². The smallest absolute Gasteiger partial charge is 0.260 e. The number of nitrogens with one attached hydrogen (secondary N) is 1. The van der Waals surface area contributed by atoms with Crippen molar-refractivity contribution in [1.82, 2.24) is 5.43 Å². The molecule has 2 aromatic carbocycles. The van der Waals surface area contributed by atoms with Gasteiger partial charge in [-0.25, -0.2) is 18.2 Å². The molecule has 0 radical (unpaired) electrons. The number of carbonyl (C=O) groups excluding carboxylic acids is 1. The Morgan fingerprint density at radius 1 is 1.31 bits per heavy atom. The number of anilines is 1. The van der Waals surface area contributed by atoms with Crippen LogP contribution in [-0.2, 0) is 14.8 Å². The molecule has 1 fully saturated rings. The molecule has 0 atom stereocenters. The zero-order valence-electron chi connectivity index (χ0n) is 15.6. The highest BCUT2D eigenvalue weighted by molar-refractivity contribution is 8.00. The van der Waals surface area contributed by atoms with Gasteiger partial charge < -0.3 is 4.74 Å². The number of hydrazone groups is 1. The predicted octanol–water partition coefficient (Wildman–Crippen LogP) is 2.24. The lowest BCUT2D eigenvalue weighted by Crippen LogP contribution is -2.39. The summed E-state index contributed by atoms with van der Waals surface area (Å²) in [6.45, 7) is -0.482. The third-order valence-electron chi connectivity index (χ3n) is 3.97. The van der Waals surface area contributed by atoms with E-state index < -0.39 is 28.3 Å². The van der Waals surface area contributed by atoms with Crippen molar-refractivity contribution in [3.8, 4) is 5.75 Å². The zero-order valence-corrected chi connectivity index (χ0v) is 17.2. The summed E-state index contributed by atoms with van der Waals surface area (Å²) < 4.78 is 43.8. The van der Waals surface area contributed by atoms with Gasteiger partial charge in [-0.3, -0.25) is 9.10 Å². The van der Waals surface area contributed by atoms with Crippen LogP contribution in [0.4, 0.5) is 10.1 Å². The van der Waals surface area contributed by atoms with Crippen molar-refractivity contribution in [2.24, 2.45) is 5.10 Å².